The standard InChI is InChI=1S/C36H60N4O14/c1-3-52-22-23-53-24-25-54-28-6-4-27(5-7-28)26-32(35(48)49)40-17-14-38(30(9-20-42)34(46)47)12-11-37(29(8-19-41)33(44)45)13-15-39(16-18-40)31(10-21-43)36(50)51-2/h4-7,29-32,41-43H,3,8-26H2,1-2H3,(H,44,45)(H,46,47)(H,48,49). The van der Waals surface area contributed by atoms with Gasteiger partial charge in [-0.15, -0.1) is 0 Å². The maximum Gasteiger partial charge on any atom is 0.323 e. The number of benzene rings is 1. The minimum atomic E-state index is -1.19. The fourth-order valence-electron chi connectivity index (χ4n) is 6.50. The highest BCUT2D eigenvalue weighted by Crippen LogP contribution is 2.19. The Morgan fingerprint density at radius 1 is 0.593 bits per heavy atom. The van der Waals surface area contributed by atoms with E-state index in [1.807, 2.05) is 6.92 Å². The Morgan fingerprint density at radius 3 is 1.39 bits per heavy atom. The number of carboxylic acid groups (broad SMARTS) is 3. The molecule has 0 aliphatic carbocycles. The van der Waals surface area contributed by atoms with Crippen LogP contribution in [0, 0.1) is 0 Å². The zero-order valence-corrected chi connectivity index (χ0v) is 31.5. The van der Waals surface area contributed by atoms with Crippen molar-refractivity contribution in [1.82, 2.24) is 19.6 Å². The third-order valence-corrected chi connectivity index (χ3v) is 9.42. The van der Waals surface area contributed by atoms with Crippen LogP contribution in [0.25, 0.3) is 0 Å². The molecule has 1 heterocycles. The minimum absolute atomic E-state index is 0.0110. The van der Waals surface area contributed by atoms with E-state index in [9.17, 15) is 49.8 Å². The molecule has 0 bridgehead atoms. The van der Waals surface area contributed by atoms with Gasteiger partial charge in [0.1, 0.15) is 36.5 Å². The molecule has 0 spiro atoms. The van der Waals surface area contributed by atoms with Crippen molar-refractivity contribution < 1.29 is 68.8 Å². The lowest BCUT2D eigenvalue weighted by Gasteiger charge is -2.40. The van der Waals surface area contributed by atoms with Gasteiger partial charge in [0.15, 0.2) is 0 Å². The lowest BCUT2D eigenvalue weighted by Crippen LogP contribution is -2.56. The van der Waals surface area contributed by atoms with Crippen LogP contribution in [-0.4, -0.2) is 211 Å². The predicted octanol–water partition coefficient (Wildman–Crippen LogP) is -1.07. The van der Waals surface area contributed by atoms with Gasteiger partial charge in [0.25, 0.3) is 0 Å². The maximum atomic E-state index is 12.9. The van der Waals surface area contributed by atoms with E-state index in [2.05, 4.69) is 0 Å². The molecule has 2 rings (SSSR count). The number of carbonyl (C=O) groups excluding carboxylic acids is 1. The van der Waals surface area contributed by atoms with Crippen LogP contribution in [0.1, 0.15) is 31.7 Å². The van der Waals surface area contributed by atoms with Crippen LogP contribution in [-0.2, 0) is 39.8 Å². The largest absolute Gasteiger partial charge is 0.491 e. The first-order valence-electron chi connectivity index (χ1n) is 18.4. The zero-order chi connectivity index (χ0) is 39.9. The van der Waals surface area contributed by atoms with Crippen molar-refractivity contribution in [2.75, 3.05) is 112 Å². The van der Waals surface area contributed by atoms with Crippen LogP contribution < -0.4 is 4.74 Å². The van der Waals surface area contributed by atoms with Crippen LogP contribution in [0.15, 0.2) is 24.3 Å². The normalized spacial score (nSPS) is 18.1. The van der Waals surface area contributed by atoms with Crippen molar-refractivity contribution in [2.45, 2.75) is 56.8 Å². The number of ether oxygens (including phenoxy) is 4. The molecule has 1 saturated heterocycles. The Balaban J connectivity index is 2.43. The Labute approximate surface area is 316 Å². The van der Waals surface area contributed by atoms with E-state index in [-0.39, 0.29) is 84.6 Å². The first kappa shape index (κ1) is 46.7. The highest BCUT2D eigenvalue weighted by molar-refractivity contribution is 5.76. The lowest BCUT2D eigenvalue weighted by atomic mass is 10.0. The number of methoxy groups -OCH3 is 1. The predicted molar refractivity (Wildman–Crippen MR) is 194 cm³/mol. The summed E-state index contributed by atoms with van der Waals surface area (Å²) in [7, 11) is 1.22. The molecule has 4 atom stereocenters. The number of aliphatic carboxylic acids is 3. The van der Waals surface area contributed by atoms with E-state index >= 15 is 0 Å². The zero-order valence-electron chi connectivity index (χ0n) is 31.5. The summed E-state index contributed by atoms with van der Waals surface area (Å²) in [6.45, 7) is 3.63. The van der Waals surface area contributed by atoms with Crippen LogP contribution >= 0.6 is 0 Å². The molecule has 18 nitrogen and oxygen atoms in total. The van der Waals surface area contributed by atoms with E-state index in [1.165, 1.54) is 7.11 Å². The quantitative estimate of drug-likeness (QED) is 0.0542. The van der Waals surface area contributed by atoms with Crippen molar-refractivity contribution in [2.24, 2.45) is 0 Å². The van der Waals surface area contributed by atoms with Crippen molar-refractivity contribution in [1.29, 1.82) is 0 Å². The van der Waals surface area contributed by atoms with Gasteiger partial charge in [-0.05, 0) is 50.3 Å². The summed E-state index contributed by atoms with van der Waals surface area (Å²) in [6, 6.07) is 2.76. The van der Waals surface area contributed by atoms with Gasteiger partial charge in [-0.2, -0.15) is 0 Å². The smallest absolute Gasteiger partial charge is 0.323 e. The van der Waals surface area contributed by atoms with Gasteiger partial charge in [-0.1, -0.05) is 12.1 Å². The van der Waals surface area contributed by atoms with Crippen LogP contribution in [0.5, 0.6) is 5.75 Å². The topological polar surface area (TPSA) is 240 Å². The van der Waals surface area contributed by atoms with Crippen molar-refractivity contribution in [3.8, 4) is 5.75 Å². The second-order valence-electron chi connectivity index (χ2n) is 12.8. The molecule has 1 aliphatic rings. The van der Waals surface area contributed by atoms with E-state index in [4.69, 9.17) is 18.9 Å². The first-order chi connectivity index (χ1) is 26.0. The van der Waals surface area contributed by atoms with E-state index in [1.54, 1.807) is 43.9 Å². The highest BCUT2D eigenvalue weighted by Gasteiger charge is 2.35. The summed E-state index contributed by atoms with van der Waals surface area (Å²) >= 11 is 0. The fraction of sp³-hybridized carbons (Fsp3) is 0.722. The molecule has 1 aromatic rings. The number of carboxylic acids is 3. The molecule has 1 aliphatic heterocycles. The fourth-order valence-corrected chi connectivity index (χ4v) is 6.50. The van der Waals surface area contributed by atoms with Gasteiger partial charge in [-0.3, -0.25) is 38.8 Å². The second kappa shape index (κ2) is 26.4. The number of esters is 1. The van der Waals surface area contributed by atoms with Gasteiger partial charge in [-0.25, -0.2) is 0 Å². The monoisotopic (exact) mass is 772 g/mol. The third kappa shape index (κ3) is 16.1. The number of nitrogens with zero attached hydrogens (tertiary/aromatic N) is 4. The van der Waals surface area contributed by atoms with Crippen LogP contribution in [0.3, 0.4) is 0 Å². The molecule has 0 aromatic heterocycles. The van der Waals surface area contributed by atoms with E-state index in [0.717, 1.165) is 0 Å². The first-order valence-corrected chi connectivity index (χ1v) is 18.4. The molecule has 1 fully saturated rings. The molecule has 54 heavy (non-hydrogen) atoms. The van der Waals surface area contributed by atoms with Gasteiger partial charge in [0, 0.05) is 78.8 Å². The number of hydrogen-bond acceptors (Lipinski definition) is 15. The number of aliphatic hydroxyl groups excluding tert-OH is 3. The Morgan fingerprint density at radius 2 is 0.981 bits per heavy atom. The SMILES string of the molecule is CCOCCOCCOc1ccc(CC(C(=O)O)N2CCN(C(CCO)C(=O)O)CCN(C(CCO)C(=O)O)CCN(C(CCO)C(=O)OC)CC2)cc1. The number of hydrogen-bond donors (Lipinski definition) is 6. The summed E-state index contributed by atoms with van der Waals surface area (Å²) < 4.78 is 21.5. The summed E-state index contributed by atoms with van der Waals surface area (Å²) in [5, 5.41) is 59.9. The Kier molecular flexibility index (Phi) is 22.8. The average Bonchev–Trinajstić information content (AvgIpc) is 3.14. The van der Waals surface area contributed by atoms with E-state index < -0.39 is 61.3 Å². The molecule has 308 valence electrons. The van der Waals surface area contributed by atoms with E-state index in [0.29, 0.717) is 44.3 Å². The van der Waals surface area contributed by atoms with Gasteiger partial charge in [0.05, 0.1) is 26.9 Å². The molecule has 18 heteroatoms. The Bertz CT molecular complexity index is 1240. The van der Waals surface area contributed by atoms with Crippen molar-refractivity contribution in [3.05, 3.63) is 29.8 Å². The van der Waals surface area contributed by atoms with Crippen LogP contribution in [0.4, 0.5) is 0 Å². The Hall–Kier alpha value is -3.46. The number of rotatable bonds is 24. The van der Waals surface area contributed by atoms with Gasteiger partial charge >= 0.3 is 23.9 Å². The summed E-state index contributed by atoms with van der Waals surface area (Å²) in [4.78, 5) is 57.2. The minimum Gasteiger partial charge on any atom is -0.491 e. The lowest BCUT2D eigenvalue weighted by molar-refractivity contribution is -0.150. The number of carbonyl (C=O) groups is 4. The van der Waals surface area contributed by atoms with Gasteiger partial charge < -0.3 is 49.6 Å². The molecule has 0 amide bonds. The van der Waals surface area contributed by atoms with Gasteiger partial charge in [0.2, 0.25) is 0 Å². The van der Waals surface area contributed by atoms with Crippen molar-refractivity contribution in [3.63, 3.8) is 0 Å². The second-order valence-corrected chi connectivity index (χ2v) is 12.8. The molecular formula is C36H60N4O14. The molecular weight excluding hydrogens is 712 g/mol. The average molecular weight is 773 g/mol. The number of aliphatic hydroxyl groups is 3. The molecule has 1 aromatic carbocycles. The highest BCUT2D eigenvalue weighted by atomic mass is 16.5. The summed E-state index contributed by atoms with van der Waals surface area (Å²) in [5.74, 6) is -3.53. The maximum absolute atomic E-state index is 12.9. The molecule has 4 unspecified atom stereocenters. The van der Waals surface area contributed by atoms with Crippen molar-refractivity contribution >= 4 is 23.9 Å². The third-order valence-electron chi connectivity index (χ3n) is 9.42. The summed E-state index contributed by atoms with van der Waals surface area (Å²) in [5.41, 5.74) is 0.707. The molecule has 0 saturated carbocycles. The van der Waals surface area contributed by atoms with Crippen LogP contribution in [0.2, 0.25) is 0 Å². The summed E-state index contributed by atoms with van der Waals surface area (Å²) in [6.07, 6.45) is -0.116. The molecule has 0 radical (unpaired) electrons. The molecule has 6 N–H and O–H groups in total.